The van der Waals surface area contributed by atoms with Crippen molar-refractivity contribution in [2.75, 3.05) is 7.11 Å². The number of alkyl carbamates (subject to hydrolysis) is 1. The van der Waals surface area contributed by atoms with E-state index in [1.54, 1.807) is 31.7 Å². The highest BCUT2D eigenvalue weighted by Gasteiger charge is 2.41. The van der Waals surface area contributed by atoms with E-state index >= 15 is 0 Å². The zero-order valence-corrected chi connectivity index (χ0v) is 15.4. The molecule has 140 valence electrons. The molecule has 3 atom stereocenters. The standard InChI is InChI=1S/C18H28N2O5/c1-18(2,3)25-17(23)19-13-9-7-5-6-8-12-10-11-14(16(22)24-4)20(12)15(13)21/h10-14H,5-9H2,1-4H3,(H,19,23)/t12-,13-,14-/m0/s1. The maximum absolute atomic E-state index is 13.1. The molecule has 0 aromatic rings. The van der Waals surface area contributed by atoms with Gasteiger partial charge in [0.2, 0.25) is 5.91 Å². The molecule has 1 fully saturated rings. The molecule has 0 aromatic heterocycles. The first-order valence-electron chi connectivity index (χ1n) is 8.81. The van der Waals surface area contributed by atoms with Crippen LogP contribution in [0, 0.1) is 0 Å². The molecule has 2 aliphatic rings. The lowest BCUT2D eigenvalue weighted by Crippen LogP contribution is -2.55. The monoisotopic (exact) mass is 352 g/mol. The van der Waals surface area contributed by atoms with Gasteiger partial charge >= 0.3 is 12.1 Å². The van der Waals surface area contributed by atoms with Crippen molar-refractivity contribution in [3.8, 4) is 0 Å². The fourth-order valence-electron chi connectivity index (χ4n) is 3.24. The predicted octanol–water partition coefficient (Wildman–Crippen LogP) is 2.15. The van der Waals surface area contributed by atoms with Crippen LogP contribution in [0.4, 0.5) is 4.79 Å². The highest BCUT2D eigenvalue weighted by molar-refractivity contribution is 5.91. The molecule has 1 saturated heterocycles. The molecule has 2 amide bonds. The number of hydrogen-bond acceptors (Lipinski definition) is 5. The highest BCUT2D eigenvalue weighted by Crippen LogP contribution is 2.26. The van der Waals surface area contributed by atoms with Crippen LogP contribution >= 0.6 is 0 Å². The van der Waals surface area contributed by atoms with Gasteiger partial charge in [-0.05, 0) is 33.6 Å². The van der Waals surface area contributed by atoms with E-state index in [9.17, 15) is 14.4 Å². The Balaban J connectivity index is 2.17. The van der Waals surface area contributed by atoms with Crippen molar-refractivity contribution in [1.29, 1.82) is 0 Å². The van der Waals surface area contributed by atoms with Crippen LogP contribution in [0.1, 0.15) is 52.9 Å². The second kappa shape index (κ2) is 7.89. The number of methoxy groups -OCH3 is 1. The van der Waals surface area contributed by atoms with Gasteiger partial charge in [0.1, 0.15) is 17.7 Å². The molecule has 0 bridgehead atoms. The summed E-state index contributed by atoms with van der Waals surface area (Å²) in [5, 5.41) is 2.68. The Kier molecular flexibility index (Phi) is 6.08. The number of carbonyl (C=O) groups excluding carboxylic acids is 3. The SMILES string of the molecule is COC(=O)[C@@H]1C=C[C@@H]2CCCCC[C@H](NC(=O)OC(C)(C)C)C(=O)N21. The maximum atomic E-state index is 13.1. The Morgan fingerprint density at radius 3 is 2.48 bits per heavy atom. The van der Waals surface area contributed by atoms with Crippen LogP contribution in [0.15, 0.2) is 12.2 Å². The second-order valence-corrected chi connectivity index (χ2v) is 7.50. The summed E-state index contributed by atoms with van der Waals surface area (Å²) in [6.07, 6.45) is 7.06. The Hall–Kier alpha value is -2.05. The Bertz CT molecular complexity index is 552. The van der Waals surface area contributed by atoms with E-state index in [4.69, 9.17) is 9.47 Å². The fraction of sp³-hybridized carbons (Fsp3) is 0.722. The molecule has 0 saturated carbocycles. The summed E-state index contributed by atoms with van der Waals surface area (Å²) in [6, 6.07) is -1.58. The molecular weight excluding hydrogens is 324 g/mol. The van der Waals surface area contributed by atoms with Gasteiger partial charge in [-0.15, -0.1) is 0 Å². The van der Waals surface area contributed by atoms with Gasteiger partial charge < -0.3 is 19.7 Å². The van der Waals surface area contributed by atoms with Crippen molar-refractivity contribution in [2.24, 2.45) is 0 Å². The molecule has 1 N–H and O–H groups in total. The largest absolute Gasteiger partial charge is 0.467 e. The van der Waals surface area contributed by atoms with Gasteiger partial charge in [-0.2, -0.15) is 0 Å². The summed E-state index contributed by atoms with van der Waals surface area (Å²) in [4.78, 5) is 38.8. The molecule has 0 spiro atoms. The number of rotatable bonds is 2. The van der Waals surface area contributed by atoms with Gasteiger partial charge in [0.05, 0.1) is 13.2 Å². The van der Waals surface area contributed by atoms with Crippen LogP contribution in [0.3, 0.4) is 0 Å². The van der Waals surface area contributed by atoms with E-state index in [1.165, 1.54) is 7.11 Å². The van der Waals surface area contributed by atoms with Gasteiger partial charge in [0.15, 0.2) is 0 Å². The Labute approximate surface area is 148 Å². The number of nitrogens with zero attached hydrogens (tertiary/aromatic N) is 1. The minimum Gasteiger partial charge on any atom is -0.467 e. The highest BCUT2D eigenvalue weighted by atomic mass is 16.6. The van der Waals surface area contributed by atoms with Gasteiger partial charge in [-0.3, -0.25) is 4.79 Å². The number of esters is 1. The summed E-state index contributed by atoms with van der Waals surface area (Å²) < 4.78 is 10.1. The first-order valence-corrected chi connectivity index (χ1v) is 8.81. The molecule has 25 heavy (non-hydrogen) atoms. The Morgan fingerprint density at radius 2 is 1.84 bits per heavy atom. The lowest BCUT2D eigenvalue weighted by Gasteiger charge is -2.32. The van der Waals surface area contributed by atoms with Gasteiger partial charge in [-0.1, -0.05) is 31.4 Å². The first-order chi connectivity index (χ1) is 11.7. The second-order valence-electron chi connectivity index (χ2n) is 7.50. The van der Waals surface area contributed by atoms with E-state index in [0.29, 0.717) is 6.42 Å². The molecular formula is C18H28N2O5. The van der Waals surface area contributed by atoms with E-state index in [-0.39, 0.29) is 11.9 Å². The van der Waals surface area contributed by atoms with Crippen LogP contribution in [0.5, 0.6) is 0 Å². The third-order valence-electron chi connectivity index (χ3n) is 4.35. The first kappa shape index (κ1) is 19.3. The fourth-order valence-corrected chi connectivity index (χ4v) is 3.24. The topological polar surface area (TPSA) is 84.9 Å². The van der Waals surface area contributed by atoms with Gasteiger partial charge in [-0.25, -0.2) is 9.59 Å². The molecule has 7 heteroatoms. The summed E-state index contributed by atoms with van der Waals surface area (Å²) in [7, 11) is 1.31. The molecule has 0 aromatic carbocycles. The van der Waals surface area contributed by atoms with Crippen molar-refractivity contribution >= 4 is 18.0 Å². The molecule has 2 heterocycles. The van der Waals surface area contributed by atoms with E-state index in [2.05, 4.69) is 5.32 Å². The van der Waals surface area contributed by atoms with Crippen LogP contribution < -0.4 is 5.32 Å². The molecule has 7 nitrogen and oxygen atoms in total. The van der Waals surface area contributed by atoms with E-state index in [1.807, 2.05) is 6.08 Å². The third kappa shape index (κ3) is 4.96. The molecule has 2 aliphatic heterocycles. The number of ether oxygens (including phenoxy) is 2. The van der Waals surface area contributed by atoms with E-state index < -0.39 is 29.7 Å². The van der Waals surface area contributed by atoms with Crippen molar-refractivity contribution < 1.29 is 23.9 Å². The number of fused-ring (bicyclic) bond motifs is 1. The lowest BCUT2D eigenvalue weighted by molar-refractivity contribution is -0.151. The van der Waals surface area contributed by atoms with Gasteiger partial charge in [0, 0.05) is 0 Å². The van der Waals surface area contributed by atoms with Crippen LogP contribution in [-0.2, 0) is 19.1 Å². The van der Waals surface area contributed by atoms with Crippen molar-refractivity contribution in [3.63, 3.8) is 0 Å². The van der Waals surface area contributed by atoms with Gasteiger partial charge in [0.25, 0.3) is 0 Å². The number of hydrogen-bond donors (Lipinski definition) is 1. The number of amides is 2. The van der Waals surface area contributed by atoms with Crippen molar-refractivity contribution in [2.45, 2.75) is 76.6 Å². The number of carbonyl (C=O) groups is 3. The average molecular weight is 352 g/mol. The van der Waals surface area contributed by atoms with Crippen LogP contribution in [-0.4, -0.2) is 53.7 Å². The van der Waals surface area contributed by atoms with Crippen molar-refractivity contribution in [3.05, 3.63) is 12.2 Å². The summed E-state index contributed by atoms with van der Waals surface area (Å²) in [5.74, 6) is -0.736. The molecule has 0 radical (unpaired) electrons. The molecule has 0 unspecified atom stereocenters. The van der Waals surface area contributed by atoms with Crippen molar-refractivity contribution in [1.82, 2.24) is 10.2 Å². The third-order valence-corrected chi connectivity index (χ3v) is 4.35. The minimum atomic E-state index is -0.733. The Morgan fingerprint density at radius 1 is 1.16 bits per heavy atom. The summed E-state index contributed by atoms with van der Waals surface area (Å²) in [5.41, 5.74) is -0.641. The average Bonchev–Trinajstić information content (AvgIpc) is 2.95. The smallest absolute Gasteiger partial charge is 0.408 e. The van der Waals surface area contributed by atoms with Crippen LogP contribution in [0.25, 0.3) is 0 Å². The maximum Gasteiger partial charge on any atom is 0.408 e. The normalized spacial score (nSPS) is 27.0. The minimum absolute atomic E-state index is 0.141. The van der Waals surface area contributed by atoms with Crippen LogP contribution in [0.2, 0.25) is 0 Å². The lowest BCUT2D eigenvalue weighted by atomic mass is 10.1. The molecule has 0 aliphatic carbocycles. The molecule has 2 rings (SSSR count). The van der Waals surface area contributed by atoms with E-state index in [0.717, 1.165) is 25.7 Å². The number of nitrogens with one attached hydrogen (secondary N) is 1. The predicted molar refractivity (Wildman–Crippen MR) is 91.8 cm³/mol. The zero-order chi connectivity index (χ0) is 18.6. The summed E-state index contributed by atoms with van der Waals surface area (Å²) in [6.45, 7) is 5.31. The zero-order valence-electron chi connectivity index (χ0n) is 15.4. The quantitative estimate of drug-likeness (QED) is 0.608. The summed E-state index contributed by atoms with van der Waals surface area (Å²) >= 11 is 0.